The van der Waals surface area contributed by atoms with Crippen molar-refractivity contribution >= 4 is 6.08 Å². The van der Waals surface area contributed by atoms with E-state index in [4.69, 9.17) is 6.58 Å². The van der Waals surface area contributed by atoms with Crippen molar-refractivity contribution < 1.29 is 5.11 Å². The Morgan fingerprint density at radius 1 is 0.941 bits per heavy atom. The Bertz CT molecular complexity index is 393. The molecule has 2 radical (unpaired) electrons. The summed E-state index contributed by atoms with van der Waals surface area (Å²) in [5.74, 6) is 0.371. The predicted octanol–water partition coefficient (Wildman–Crippen LogP) is 4.31. The maximum atomic E-state index is 10.4. The largest absolute Gasteiger partial charge is 0.507 e. The van der Waals surface area contributed by atoms with Gasteiger partial charge in [0.2, 0.25) is 0 Å². The van der Waals surface area contributed by atoms with Crippen LogP contribution in [0.15, 0.2) is 12.1 Å². The lowest BCUT2D eigenvalue weighted by molar-refractivity contribution is 0.423. The van der Waals surface area contributed by atoms with E-state index in [1.807, 2.05) is 12.1 Å². The van der Waals surface area contributed by atoms with Crippen LogP contribution in [0.4, 0.5) is 0 Å². The van der Waals surface area contributed by atoms with Gasteiger partial charge in [0, 0.05) is 11.1 Å². The zero-order valence-corrected chi connectivity index (χ0v) is 11.7. The first-order valence-electron chi connectivity index (χ1n) is 5.96. The minimum absolute atomic E-state index is 0.122. The molecule has 0 fully saturated rings. The van der Waals surface area contributed by atoms with Crippen molar-refractivity contribution in [3.63, 3.8) is 0 Å². The van der Waals surface area contributed by atoms with Gasteiger partial charge in [-0.15, -0.1) is 0 Å². The van der Waals surface area contributed by atoms with Gasteiger partial charge in [-0.2, -0.15) is 0 Å². The van der Waals surface area contributed by atoms with E-state index in [0.29, 0.717) is 5.75 Å². The molecular formula is C16H22O. The van der Waals surface area contributed by atoms with Gasteiger partial charge >= 0.3 is 0 Å². The molecule has 1 rings (SSSR count). The third kappa shape index (κ3) is 2.91. The molecule has 0 heterocycles. The number of aromatic hydroxyl groups is 1. The van der Waals surface area contributed by atoms with Gasteiger partial charge in [-0.1, -0.05) is 41.5 Å². The maximum absolute atomic E-state index is 10.4. The highest BCUT2D eigenvalue weighted by Crippen LogP contribution is 2.39. The average molecular weight is 230 g/mol. The van der Waals surface area contributed by atoms with Crippen molar-refractivity contribution in [1.82, 2.24) is 0 Å². The van der Waals surface area contributed by atoms with Gasteiger partial charge in [-0.3, -0.25) is 0 Å². The van der Waals surface area contributed by atoms with Crippen molar-refractivity contribution in [3.8, 4) is 5.75 Å². The molecule has 1 aromatic rings. The minimum atomic E-state index is -0.122. The molecule has 0 aliphatic heterocycles. The molecule has 0 spiro atoms. The lowest BCUT2D eigenvalue weighted by atomic mass is 9.78. The van der Waals surface area contributed by atoms with E-state index >= 15 is 0 Å². The molecule has 1 aromatic carbocycles. The quantitative estimate of drug-likeness (QED) is 0.762. The number of hydrogen-bond acceptors (Lipinski definition) is 1. The molecule has 92 valence electrons. The second kappa shape index (κ2) is 4.21. The third-order valence-corrected chi connectivity index (χ3v) is 2.91. The van der Waals surface area contributed by atoms with Crippen molar-refractivity contribution in [2.75, 3.05) is 0 Å². The van der Waals surface area contributed by atoms with Crippen LogP contribution in [0.3, 0.4) is 0 Å². The molecule has 1 N–H and O–H groups in total. The number of hydrogen-bond donors (Lipinski definition) is 1. The molecule has 0 atom stereocenters. The summed E-state index contributed by atoms with van der Waals surface area (Å²) in [6.07, 6.45) is 1.34. The van der Waals surface area contributed by atoms with Crippen molar-refractivity contribution in [1.29, 1.82) is 0 Å². The van der Waals surface area contributed by atoms with Crippen molar-refractivity contribution in [2.24, 2.45) is 0 Å². The van der Waals surface area contributed by atoms with Gasteiger partial charge < -0.3 is 5.11 Å². The van der Waals surface area contributed by atoms with Crippen LogP contribution in [0.1, 0.15) is 58.2 Å². The molecule has 0 unspecified atom stereocenters. The van der Waals surface area contributed by atoms with Gasteiger partial charge in [0.1, 0.15) is 5.75 Å². The molecule has 17 heavy (non-hydrogen) atoms. The van der Waals surface area contributed by atoms with Crippen LogP contribution in [0.5, 0.6) is 5.75 Å². The number of phenolic OH excluding ortho intramolecular Hbond substituents is 1. The van der Waals surface area contributed by atoms with Crippen LogP contribution in [-0.2, 0) is 10.8 Å². The summed E-state index contributed by atoms with van der Waals surface area (Å²) in [5.41, 5.74) is 2.41. The van der Waals surface area contributed by atoms with Gasteiger partial charge in [0.15, 0.2) is 0 Å². The van der Waals surface area contributed by atoms with Gasteiger partial charge in [0.25, 0.3) is 0 Å². The lowest BCUT2D eigenvalue weighted by Crippen LogP contribution is -2.17. The van der Waals surface area contributed by atoms with E-state index < -0.39 is 0 Å². The Morgan fingerprint density at radius 2 is 1.29 bits per heavy atom. The smallest absolute Gasteiger partial charge is 0.123 e. The summed E-state index contributed by atoms with van der Waals surface area (Å²) < 4.78 is 0. The fourth-order valence-corrected chi connectivity index (χ4v) is 1.88. The van der Waals surface area contributed by atoms with Gasteiger partial charge in [0.05, 0.1) is 0 Å². The third-order valence-electron chi connectivity index (χ3n) is 2.91. The maximum Gasteiger partial charge on any atom is 0.123 e. The highest BCUT2D eigenvalue weighted by Gasteiger charge is 2.25. The Hall–Kier alpha value is -1.24. The second-order valence-electron chi connectivity index (χ2n) is 6.61. The van der Waals surface area contributed by atoms with Crippen molar-refractivity contribution in [3.05, 3.63) is 35.4 Å². The first kappa shape index (κ1) is 13.8. The van der Waals surface area contributed by atoms with Gasteiger partial charge in [-0.25, -0.2) is 0 Å². The first-order valence-corrected chi connectivity index (χ1v) is 5.96. The summed E-state index contributed by atoms with van der Waals surface area (Å²) in [6, 6.07) is 3.80. The standard InChI is InChI=1S/C16H22O/c1-8-11-9-12(15(2,3)4)14(17)13(10-11)16(5,6)7/h8-10,17H,2-7H3. The summed E-state index contributed by atoms with van der Waals surface area (Å²) in [4.78, 5) is 0. The topological polar surface area (TPSA) is 20.2 Å². The van der Waals surface area contributed by atoms with Gasteiger partial charge in [-0.05, 0) is 41.2 Å². The zero-order chi connectivity index (χ0) is 13.4. The SMILES string of the molecule is [C]=Cc1cc(C(C)(C)C)c(O)c(C(C)(C)C)c1. The Kier molecular flexibility index (Phi) is 3.42. The Labute approximate surface area is 105 Å². The molecule has 0 saturated carbocycles. The first-order chi connectivity index (χ1) is 7.57. The molecular weight excluding hydrogens is 208 g/mol. The normalized spacial score (nSPS) is 12.6. The van der Waals surface area contributed by atoms with E-state index in [-0.39, 0.29) is 10.8 Å². The van der Waals surface area contributed by atoms with E-state index in [2.05, 4.69) is 41.5 Å². The molecule has 0 amide bonds. The minimum Gasteiger partial charge on any atom is -0.507 e. The number of benzene rings is 1. The van der Waals surface area contributed by atoms with E-state index in [9.17, 15) is 5.11 Å². The van der Waals surface area contributed by atoms with Crippen LogP contribution in [0.25, 0.3) is 6.08 Å². The molecule has 0 saturated heterocycles. The monoisotopic (exact) mass is 230 g/mol. The van der Waals surface area contributed by atoms with E-state index in [1.54, 1.807) is 0 Å². The van der Waals surface area contributed by atoms with E-state index in [1.165, 1.54) is 6.08 Å². The van der Waals surface area contributed by atoms with Crippen LogP contribution < -0.4 is 0 Å². The average Bonchev–Trinajstić information content (AvgIpc) is 2.14. The molecule has 1 heteroatoms. The molecule has 0 aromatic heterocycles. The Balaban J connectivity index is 3.59. The van der Waals surface area contributed by atoms with Crippen LogP contribution in [-0.4, -0.2) is 5.11 Å². The summed E-state index contributed by atoms with van der Waals surface area (Å²) in [7, 11) is 0. The molecule has 0 bridgehead atoms. The second-order valence-corrected chi connectivity index (χ2v) is 6.61. The molecule has 0 aliphatic rings. The van der Waals surface area contributed by atoms with Crippen LogP contribution >= 0.6 is 0 Å². The summed E-state index contributed by atoms with van der Waals surface area (Å²) in [5, 5.41) is 10.4. The van der Waals surface area contributed by atoms with E-state index in [0.717, 1.165) is 16.7 Å². The number of rotatable bonds is 1. The summed E-state index contributed by atoms with van der Waals surface area (Å²) >= 11 is 0. The fraction of sp³-hybridized carbons (Fsp3) is 0.500. The zero-order valence-electron chi connectivity index (χ0n) is 11.7. The van der Waals surface area contributed by atoms with Crippen molar-refractivity contribution in [2.45, 2.75) is 52.4 Å². The summed E-state index contributed by atoms with van der Waals surface area (Å²) in [6.45, 7) is 19.8. The number of phenols is 1. The highest BCUT2D eigenvalue weighted by atomic mass is 16.3. The highest BCUT2D eigenvalue weighted by molar-refractivity contribution is 5.57. The van der Waals surface area contributed by atoms with Crippen LogP contribution in [0.2, 0.25) is 0 Å². The molecule has 1 nitrogen and oxygen atoms in total. The predicted molar refractivity (Wildman–Crippen MR) is 73.2 cm³/mol. The fourth-order valence-electron chi connectivity index (χ4n) is 1.88. The lowest BCUT2D eigenvalue weighted by Gasteiger charge is -2.27. The molecule has 0 aliphatic carbocycles. The Morgan fingerprint density at radius 3 is 1.53 bits per heavy atom. The van der Waals surface area contributed by atoms with Crippen LogP contribution in [0, 0.1) is 6.58 Å².